The Morgan fingerprint density at radius 2 is 0.685 bits per heavy atom. The molecule has 89 heavy (non-hydrogen) atoms. The smallest absolute Gasteiger partial charge is 0.0543 e. The lowest BCUT2D eigenvalue weighted by molar-refractivity contribution is 0.398. The molecule has 0 saturated heterocycles. The lowest BCUT2D eigenvalue weighted by atomic mass is 9.70. The van der Waals surface area contributed by atoms with Crippen LogP contribution >= 0.6 is 0 Å². The van der Waals surface area contributed by atoms with Gasteiger partial charge in [-0.05, 0) is 151 Å². The van der Waals surface area contributed by atoms with Gasteiger partial charge in [-0.15, -0.1) is 0 Å². The minimum absolute atomic E-state index is 0.0616. The van der Waals surface area contributed by atoms with Crippen LogP contribution in [0.3, 0.4) is 0 Å². The fraction of sp³-hybridized carbons (Fsp3) is 0.264. The number of rotatable bonds is 21. The van der Waals surface area contributed by atoms with Gasteiger partial charge in [-0.3, -0.25) is 0 Å². The summed E-state index contributed by atoms with van der Waals surface area (Å²) in [6.45, 7) is 14.1. The third-order valence-corrected chi connectivity index (χ3v) is 20.3. The number of anilines is 6. The van der Waals surface area contributed by atoms with Gasteiger partial charge in [0, 0.05) is 49.9 Å². The van der Waals surface area contributed by atoms with Crippen LogP contribution in [0.1, 0.15) is 165 Å². The molecule has 0 aromatic heterocycles. The first-order valence-corrected chi connectivity index (χ1v) is 33.6. The molecule has 0 radical (unpaired) electrons. The average Bonchev–Trinajstić information content (AvgIpc) is 1.82. The Bertz CT molecular complexity index is 4110. The molecule has 2 nitrogen and oxygen atoms in total. The summed E-state index contributed by atoms with van der Waals surface area (Å²) in [5.74, 6) is 0. The molecule has 2 heteroatoms. The van der Waals surface area contributed by atoms with Gasteiger partial charge in [0.25, 0.3) is 0 Å². The van der Waals surface area contributed by atoms with Gasteiger partial charge >= 0.3 is 0 Å². The van der Waals surface area contributed by atoms with Crippen LogP contribution in [0, 0.1) is 0 Å². The summed E-state index contributed by atoms with van der Waals surface area (Å²) in [4.78, 5) is 4.97. The summed E-state index contributed by atoms with van der Waals surface area (Å²) in [7, 11) is 0. The Morgan fingerprint density at radius 1 is 0.281 bits per heavy atom. The predicted molar refractivity (Wildman–Crippen MR) is 383 cm³/mol. The van der Waals surface area contributed by atoms with E-state index in [4.69, 9.17) is 0 Å². The number of para-hydroxylation sites is 1. The van der Waals surface area contributed by atoms with Crippen molar-refractivity contribution in [2.24, 2.45) is 0 Å². The minimum Gasteiger partial charge on any atom is -0.310 e. The highest BCUT2D eigenvalue weighted by atomic mass is 15.2. The van der Waals surface area contributed by atoms with E-state index < -0.39 is 0 Å². The third-order valence-electron chi connectivity index (χ3n) is 20.3. The molecule has 446 valence electrons. The molecule has 0 bridgehead atoms. The molecule has 11 aromatic rings. The van der Waals surface area contributed by atoms with E-state index in [1.807, 2.05) is 0 Å². The second-order valence-electron chi connectivity index (χ2n) is 26.6. The van der Waals surface area contributed by atoms with Crippen molar-refractivity contribution in [2.45, 2.75) is 148 Å². The summed E-state index contributed by atoms with van der Waals surface area (Å²) >= 11 is 0. The average molecular weight is 1160 g/mol. The SMILES string of the molecule is CC1(C)c2ccccc2-c2ccc(N(c3ccc4c(c3)C(C)(C)c3ccccc3-4)c3cccc4ccccc34)cc21.CCCCCCCCC1(CCCCCCCC)c2ccccc2-c2c(N(c3ccccc3)c3ccc(-c4ccccc4)cc3)cccc21. The monoisotopic (exact) mass is 1160 g/mol. The van der Waals surface area contributed by atoms with Gasteiger partial charge in [-0.2, -0.15) is 0 Å². The van der Waals surface area contributed by atoms with E-state index in [0.29, 0.717) is 0 Å². The summed E-state index contributed by atoms with van der Waals surface area (Å²) in [5, 5.41) is 2.50. The summed E-state index contributed by atoms with van der Waals surface area (Å²) < 4.78 is 0. The zero-order valence-electron chi connectivity index (χ0n) is 53.5. The largest absolute Gasteiger partial charge is 0.310 e. The zero-order chi connectivity index (χ0) is 61.0. The first kappa shape index (κ1) is 59.3. The zero-order valence-corrected chi connectivity index (χ0v) is 53.5. The van der Waals surface area contributed by atoms with Crippen molar-refractivity contribution in [1.82, 2.24) is 0 Å². The number of nitrogens with zero attached hydrogens (tertiary/aromatic N) is 2. The molecule has 0 fully saturated rings. The van der Waals surface area contributed by atoms with Gasteiger partial charge in [-0.1, -0.05) is 313 Å². The molecule has 0 heterocycles. The number of unbranched alkanes of at least 4 members (excludes halogenated alkanes) is 10. The van der Waals surface area contributed by atoms with Crippen LogP contribution in [-0.4, -0.2) is 0 Å². The van der Waals surface area contributed by atoms with Crippen molar-refractivity contribution in [3.8, 4) is 44.5 Å². The van der Waals surface area contributed by atoms with E-state index in [2.05, 4.69) is 306 Å². The number of hydrogen-bond acceptors (Lipinski definition) is 2. The molecule has 0 saturated carbocycles. The van der Waals surface area contributed by atoms with Crippen molar-refractivity contribution < 1.29 is 0 Å². The predicted octanol–water partition coefficient (Wildman–Crippen LogP) is 25.5. The molecule has 0 N–H and O–H groups in total. The lowest BCUT2D eigenvalue weighted by Crippen LogP contribution is -2.25. The first-order valence-electron chi connectivity index (χ1n) is 33.6. The van der Waals surface area contributed by atoms with Gasteiger partial charge in [0.2, 0.25) is 0 Å². The maximum Gasteiger partial charge on any atom is 0.0543 e. The molecule has 3 aliphatic carbocycles. The molecule has 0 atom stereocenters. The quantitative estimate of drug-likeness (QED) is 0.0662. The number of benzene rings is 11. The molecule has 11 aromatic carbocycles. The van der Waals surface area contributed by atoms with Crippen molar-refractivity contribution >= 4 is 44.9 Å². The van der Waals surface area contributed by atoms with Gasteiger partial charge < -0.3 is 9.80 Å². The van der Waals surface area contributed by atoms with Crippen LogP contribution in [0.25, 0.3) is 55.3 Å². The normalized spacial score (nSPS) is 14.0. The Kier molecular flexibility index (Phi) is 17.2. The van der Waals surface area contributed by atoms with Crippen molar-refractivity contribution in [1.29, 1.82) is 0 Å². The van der Waals surface area contributed by atoms with E-state index >= 15 is 0 Å². The fourth-order valence-electron chi connectivity index (χ4n) is 15.7. The van der Waals surface area contributed by atoms with Crippen LogP contribution in [-0.2, 0) is 16.2 Å². The minimum atomic E-state index is -0.0616. The van der Waals surface area contributed by atoms with Crippen LogP contribution in [0.5, 0.6) is 0 Å². The highest BCUT2D eigenvalue weighted by molar-refractivity contribution is 6.00. The van der Waals surface area contributed by atoms with E-state index in [0.717, 1.165) is 0 Å². The summed E-state index contributed by atoms with van der Waals surface area (Å²) in [5.41, 5.74) is 26.6. The molecule has 14 rings (SSSR count). The van der Waals surface area contributed by atoms with E-state index in [1.54, 1.807) is 11.1 Å². The van der Waals surface area contributed by atoms with Crippen molar-refractivity contribution in [3.63, 3.8) is 0 Å². The lowest BCUT2D eigenvalue weighted by Gasteiger charge is -2.34. The molecular weight excluding hydrogens is 1070 g/mol. The summed E-state index contributed by atoms with van der Waals surface area (Å²) in [6.07, 6.45) is 18.5. The van der Waals surface area contributed by atoms with Crippen LogP contribution < -0.4 is 9.80 Å². The maximum atomic E-state index is 2.50. The highest BCUT2D eigenvalue weighted by Gasteiger charge is 2.44. The number of hydrogen-bond donors (Lipinski definition) is 0. The van der Waals surface area contributed by atoms with E-state index in [1.165, 1.54) is 202 Å². The number of fused-ring (bicyclic) bond motifs is 10. The topological polar surface area (TPSA) is 6.48 Å². The molecule has 0 aliphatic heterocycles. The van der Waals surface area contributed by atoms with Gasteiger partial charge in [0.05, 0.1) is 11.4 Å². The van der Waals surface area contributed by atoms with Crippen molar-refractivity contribution in [2.75, 3.05) is 9.80 Å². The Labute approximate surface area is 532 Å². The maximum absolute atomic E-state index is 2.50. The van der Waals surface area contributed by atoms with Gasteiger partial charge in [0.1, 0.15) is 0 Å². The molecule has 3 aliphatic rings. The molecular formula is C87H88N2. The molecule has 0 amide bonds. The standard InChI is InChI=1S/C47H55N.C40H33N/c1-3-5-7-9-11-21-36-47(37-22-12-10-8-6-4-2)43-29-20-19-28-42(43)46-44(47)30-23-31-45(46)48(40-26-17-14-18-27-40)41-34-32-39(33-35-41)38-24-15-13-16-25-38;1-39(2)34-17-9-7-15-30(34)32-22-20-27(24-36(32)39)41(38-19-11-13-26-12-5-6-14-29(26)38)28-21-23-33-31-16-8-10-18-35(31)40(3,4)37(33)25-28/h13-20,23-35H,3-12,21-22,36-37H2,1-2H3;5-25H,1-4H3. The Morgan fingerprint density at radius 3 is 1.28 bits per heavy atom. The highest BCUT2D eigenvalue weighted by Crippen LogP contribution is 2.59. The Hall–Kier alpha value is -8.72. The van der Waals surface area contributed by atoms with Crippen LogP contribution in [0.15, 0.2) is 255 Å². The van der Waals surface area contributed by atoms with E-state index in [-0.39, 0.29) is 16.2 Å². The van der Waals surface area contributed by atoms with Gasteiger partial charge in [-0.25, -0.2) is 0 Å². The third kappa shape index (κ3) is 11.2. The summed E-state index contributed by atoms with van der Waals surface area (Å²) in [6, 6.07) is 94.8. The molecule has 0 spiro atoms. The van der Waals surface area contributed by atoms with Crippen molar-refractivity contribution in [3.05, 3.63) is 288 Å². The van der Waals surface area contributed by atoms with Crippen LogP contribution in [0.4, 0.5) is 34.1 Å². The second kappa shape index (κ2) is 25.8. The Balaban J connectivity index is 0.000000165. The van der Waals surface area contributed by atoms with Crippen LogP contribution in [0.2, 0.25) is 0 Å². The fourth-order valence-corrected chi connectivity index (χ4v) is 15.7. The van der Waals surface area contributed by atoms with E-state index in [9.17, 15) is 0 Å². The second-order valence-corrected chi connectivity index (χ2v) is 26.6. The van der Waals surface area contributed by atoms with Gasteiger partial charge in [0.15, 0.2) is 0 Å². The first-order chi connectivity index (χ1) is 43.6. The molecule has 0 unspecified atom stereocenters.